The third-order valence-corrected chi connectivity index (χ3v) is 10.4. The van der Waals surface area contributed by atoms with Gasteiger partial charge in [0, 0.05) is 44.6 Å². The van der Waals surface area contributed by atoms with E-state index in [0.717, 1.165) is 32.5 Å². The molecule has 1 amide bonds. The molecule has 6 N–H and O–H groups in total. The average Bonchev–Trinajstić information content (AvgIpc) is 3.76. The summed E-state index contributed by atoms with van der Waals surface area (Å²) in [5.41, 5.74) is 4.82. The number of aromatic nitrogens is 4. The Morgan fingerprint density at radius 3 is 2.02 bits per heavy atom. The Morgan fingerprint density at radius 2 is 1.46 bits per heavy atom. The van der Waals surface area contributed by atoms with Gasteiger partial charge in [0.2, 0.25) is 11.9 Å². The number of carboxylic acid groups (broad SMARTS) is 1. The third kappa shape index (κ3) is 10.4. The number of halogens is 3. The lowest BCUT2D eigenvalue weighted by atomic mass is 9.91. The van der Waals surface area contributed by atoms with Gasteiger partial charge in [-0.3, -0.25) is 9.69 Å². The number of aliphatic carboxylic acids is 1. The van der Waals surface area contributed by atoms with E-state index in [4.69, 9.17) is 24.9 Å². The van der Waals surface area contributed by atoms with Crippen LogP contribution in [0.15, 0.2) is 97.3 Å². The van der Waals surface area contributed by atoms with Crippen LogP contribution in [0.25, 0.3) is 11.2 Å². The van der Waals surface area contributed by atoms with Crippen molar-refractivity contribution in [3.63, 3.8) is 0 Å². The van der Waals surface area contributed by atoms with Crippen LogP contribution in [-0.4, -0.2) is 102 Å². The van der Waals surface area contributed by atoms with Crippen LogP contribution in [0.5, 0.6) is 0 Å². The largest absolute Gasteiger partial charge is 0.490 e. The van der Waals surface area contributed by atoms with Crippen molar-refractivity contribution < 1.29 is 38.1 Å². The number of benzene rings is 3. The zero-order chi connectivity index (χ0) is 40.5. The molecule has 2 fully saturated rings. The number of anilines is 2. The first-order valence-electron chi connectivity index (χ1n) is 19.0. The van der Waals surface area contributed by atoms with Gasteiger partial charge in [-0.2, -0.15) is 23.1 Å². The van der Waals surface area contributed by atoms with E-state index >= 15 is 0 Å². The molecule has 302 valence electrons. The highest BCUT2D eigenvalue weighted by molar-refractivity contribution is 5.84. The number of carbonyl (C=O) groups is 2. The summed E-state index contributed by atoms with van der Waals surface area (Å²) in [6, 6.07) is 30.5. The number of hydrogen-bond donors (Lipinski definition) is 6. The molecule has 2 aromatic heterocycles. The number of fused-ring (bicyclic) bond motifs is 1. The summed E-state index contributed by atoms with van der Waals surface area (Å²) in [4.78, 5) is 38.3. The van der Waals surface area contributed by atoms with E-state index in [9.17, 15) is 28.2 Å². The fourth-order valence-corrected chi connectivity index (χ4v) is 7.34. The van der Waals surface area contributed by atoms with Crippen LogP contribution in [0, 0.1) is 0 Å². The summed E-state index contributed by atoms with van der Waals surface area (Å²) in [5.74, 6) is -1.78. The molecular weight excluding hydrogens is 741 g/mol. The molecule has 16 heteroatoms. The Hall–Kier alpha value is -5.58. The van der Waals surface area contributed by atoms with Gasteiger partial charge in [-0.25, -0.2) is 9.78 Å². The number of nitrogens with one attached hydrogen (secondary N) is 3. The zero-order valence-electron chi connectivity index (χ0n) is 31.4. The van der Waals surface area contributed by atoms with Crippen molar-refractivity contribution in [2.45, 2.75) is 81.6 Å². The number of hydrogen-bond acceptors (Lipinski definition) is 10. The molecule has 0 bridgehead atoms. The number of piperidine rings is 1. The van der Waals surface area contributed by atoms with Gasteiger partial charge in [-0.1, -0.05) is 97.9 Å². The lowest BCUT2D eigenvalue weighted by Gasteiger charge is -2.32. The molecule has 5 aromatic rings. The molecule has 3 heterocycles. The molecule has 1 saturated heterocycles. The zero-order valence-corrected chi connectivity index (χ0v) is 31.4. The normalized spacial score (nSPS) is 20.2. The van der Waals surface area contributed by atoms with Crippen LogP contribution < -0.4 is 16.0 Å². The molecule has 0 unspecified atom stereocenters. The number of rotatable bonds is 12. The van der Waals surface area contributed by atoms with Gasteiger partial charge < -0.3 is 35.8 Å². The number of aliphatic hydroxyl groups excluding tert-OH is 2. The van der Waals surface area contributed by atoms with E-state index < -0.39 is 36.4 Å². The number of imidazole rings is 1. The second kappa shape index (κ2) is 18.6. The summed E-state index contributed by atoms with van der Waals surface area (Å²) >= 11 is 0. The predicted molar refractivity (Wildman–Crippen MR) is 208 cm³/mol. The summed E-state index contributed by atoms with van der Waals surface area (Å²) in [5, 5.41) is 39.3. The van der Waals surface area contributed by atoms with Crippen LogP contribution in [0.2, 0.25) is 0 Å². The Kier molecular flexibility index (Phi) is 13.4. The fraction of sp³-hybridized carbons (Fsp3) is 0.390. The molecule has 4 atom stereocenters. The fourth-order valence-electron chi connectivity index (χ4n) is 7.34. The maximum absolute atomic E-state index is 12.2. The highest BCUT2D eigenvalue weighted by Gasteiger charge is 2.44. The van der Waals surface area contributed by atoms with E-state index in [1.54, 1.807) is 13.3 Å². The van der Waals surface area contributed by atoms with Crippen LogP contribution in [-0.2, 0) is 16.1 Å². The molecule has 1 aliphatic carbocycles. The molecule has 3 aromatic carbocycles. The summed E-state index contributed by atoms with van der Waals surface area (Å²) in [7, 11) is 0. The van der Waals surface area contributed by atoms with Crippen molar-refractivity contribution in [2.75, 3.05) is 30.3 Å². The van der Waals surface area contributed by atoms with Crippen LogP contribution in [0.3, 0.4) is 0 Å². The summed E-state index contributed by atoms with van der Waals surface area (Å²) < 4.78 is 33.6. The van der Waals surface area contributed by atoms with Gasteiger partial charge in [0.25, 0.3) is 0 Å². The minimum absolute atomic E-state index is 0.0598. The highest BCUT2D eigenvalue weighted by atomic mass is 19.4. The highest BCUT2D eigenvalue weighted by Crippen LogP contribution is 2.35. The molecule has 0 spiro atoms. The summed E-state index contributed by atoms with van der Waals surface area (Å²) in [6.07, 6.45) is -3.09. The second-order valence-electron chi connectivity index (χ2n) is 14.3. The van der Waals surface area contributed by atoms with Gasteiger partial charge >= 0.3 is 12.1 Å². The number of aliphatic hydroxyl groups is 2. The average molecular weight is 789 g/mol. The molecule has 0 radical (unpaired) electrons. The lowest BCUT2D eigenvalue weighted by molar-refractivity contribution is -0.192. The number of carboxylic acids is 1. The quantitative estimate of drug-likeness (QED) is 0.0962. The topological polar surface area (TPSA) is 178 Å². The number of alkyl halides is 3. The molecule has 57 heavy (non-hydrogen) atoms. The number of likely N-dealkylation sites (tertiary alicyclic amines) is 1. The van der Waals surface area contributed by atoms with Crippen LogP contribution >= 0.6 is 0 Å². The molecule has 1 saturated carbocycles. The van der Waals surface area contributed by atoms with E-state index in [0.29, 0.717) is 42.3 Å². The van der Waals surface area contributed by atoms with Crippen molar-refractivity contribution in [3.05, 3.63) is 114 Å². The monoisotopic (exact) mass is 788 g/mol. The maximum Gasteiger partial charge on any atom is 0.490 e. The third-order valence-electron chi connectivity index (χ3n) is 10.4. The summed E-state index contributed by atoms with van der Waals surface area (Å²) in [6.45, 7) is 5.19. The van der Waals surface area contributed by atoms with Gasteiger partial charge in [0.1, 0.15) is 12.2 Å². The van der Waals surface area contributed by atoms with E-state index in [-0.39, 0.29) is 17.9 Å². The minimum atomic E-state index is -5.08. The second-order valence-corrected chi connectivity index (χ2v) is 14.3. The Bertz CT molecular complexity index is 2030. The molecule has 1 aliphatic heterocycles. The smallest absolute Gasteiger partial charge is 0.475 e. The van der Waals surface area contributed by atoms with Gasteiger partial charge in [0.15, 0.2) is 17.0 Å². The van der Waals surface area contributed by atoms with Crippen molar-refractivity contribution in [1.82, 2.24) is 29.7 Å². The number of amides is 1. The maximum atomic E-state index is 12.2. The van der Waals surface area contributed by atoms with Crippen molar-refractivity contribution in [3.8, 4) is 0 Å². The molecule has 13 nitrogen and oxygen atoms in total. The Balaban J connectivity index is 0.000000719. The van der Waals surface area contributed by atoms with Gasteiger partial charge in [0.05, 0.1) is 18.4 Å². The van der Waals surface area contributed by atoms with Crippen LogP contribution in [0.4, 0.5) is 24.9 Å². The Labute approximate surface area is 328 Å². The van der Waals surface area contributed by atoms with Gasteiger partial charge in [-0.05, 0) is 36.0 Å². The van der Waals surface area contributed by atoms with Crippen LogP contribution in [0.1, 0.15) is 61.3 Å². The first-order valence-corrected chi connectivity index (χ1v) is 19.0. The van der Waals surface area contributed by atoms with Crippen molar-refractivity contribution >= 4 is 34.8 Å². The van der Waals surface area contributed by atoms with E-state index in [1.165, 1.54) is 16.7 Å². The molecule has 7 rings (SSSR count). The van der Waals surface area contributed by atoms with E-state index in [2.05, 4.69) is 93.6 Å². The van der Waals surface area contributed by atoms with Gasteiger partial charge in [-0.15, -0.1) is 0 Å². The molecule has 2 aliphatic rings. The first-order chi connectivity index (χ1) is 27.4. The SMILES string of the molecule is CCC(=O)N[C@H]1C[C@@H](n2cnc3c(NCC(c4ccccc4)c4ccccc4)nc(NC4CCN(Cc5ccccc5)CC4)nc32)[C@H](O)[C@@H]1O.O=C(O)C(F)(F)F. The first kappa shape index (κ1) is 41.1. The Morgan fingerprint density at radius 1 is 0.877 bits per heavy atom. The minimum Gasteiger partial charge on any atom is -0.475 e. The lowest BCUT2D eigenvalue weighted by Crippen LogP contribution is -2.42. The molecular formula is C41H47F3N8O5. The number of carbonyl (C=O) groups excluding carboxylic acids is 1. The predicted octanol–water partition coefficient (Wildman–Crippen LogP) is 5.34. The van der Waals surface area contributed by atoms with Crippen molar-refractivity contribution in [1.29, 1.82) is 0 Å². The standard InChI is InChI=1S/C39H46N8O3.C2HF3O2/c1-2-33(48)43-31-22-32(36(50)35(31)49)47-25-41-34-37(40-23-30(27-14-8-4-9-15-27)28-16-10-5-11-17-28)44-39(45-38(34)47)42-29-18-20-46(21-19-29)24-26-12-6-3-7-13-26;3-2(4,5)1(6)7/h3-17,25,29-32,35-36,49-50H,2,18-24H2,1H3,(H,43,48)(H2,40,42,44,45);(H,6,7)/t31-,32+,35+,36-;/m0./s1. The van der Waals surface area contributed by atoms with E-state index in [1.807, 2.05) is 22.8 Å². The van der Waals surface area contributed by atoms with Crippen molar-refractivity contribution in [2.24, 2.45) is 0 Å². The number of nitrogens with zero attached hydrogens (tertiary/aromatic N) is 5.